The molecule has 32 heavy (non-hydrogen) atoms. The molecule has 8 heteroatoms. The van der Waals surface area contributed by atoms with Crippen LogP contribution in [0.15, 0.2) is 75.9 Å². The Hall–Kier alpha value is -3.84. The van der Waals surface area contributed by atoms with Crippen molar-refractivity contribution >= 4 is 41.4 Å². The van der Waals surface area contributed by atoms with Crippen molar-refractivity contribution in [3.05, 3.63) is 94.0 Å². The summed E-state index contributed by atoms with van der Waals surface area (Å²) < 4.78 is 5.38. The van der Waals surface area contributed by atoms with Gasteiger partial charge in [-0.1, -0.05) is 35.9 Å². The average Bonchev–Trinajstić information content (AvgIpc) is 3.18. The molecular weight excluding hydrogens is 428 g/mol. The van der Waals surface area contributed by atoms with Crippen molar-refractivity contribution in [1.82, 2.24) is 10.7 Å². The third kappa shape index (κ3) is 6.09. The summed E-state index contributed by atoms with van der Waals surface area (Å²) >= 11 is 6.12. The number of nitrogens with zero attached hydrogens (tertiary/aromatic N) is 2. The first-order chi connectivity index (χ1) is 15.3. The third-order valence-corrected chi connectivity index (χ3v) is 4.78. The molecule has 0 atom stereocenters. The molecule has 0 saturated carbocycles. The molecule has 1 aromatic heterocycles. The number of halogens is 1. The Morgan fingerprint density at radius 3 is 2.38 bits per heavy atom. The number of hydrazone groups is 1. The molecule has 3 rings (SSSR count). The van der Waals surface area contributed by atoms with Crippen molar-refractivity contribution in [3.8, 4) is 0 Å². The van der Waals surface area contributed by atoms with Gasteiger partial charge < -0.3 is 14.6 Å². The SMILES string of the molecule is Cc1ccc(/C=N/NC(=O)/C(=C\c2ccc(N(C)C)cc2)NC(=O)c2ccccc2Cl)o1. The summed E-state index contributed by atoms with van der Waals surface area (Å²) in [5, 5.41) is 6.82. The van der Waals surface area contributed by atoms with Gasteiger partial charge in [-0.3, -0.25) is 9.59 Å². The van der Waals surface area contributed by atoms with Gasteiger partial charge >= 0.3 is 0 Å². The molecule has 3 aromatic rings. The Bertz CT molecular complexity index is 1160. The summed E-state index contributed by atoms with van der Waals surface area (Å²) in [6, 6.07) is 17.6. The summed E-state index contributed by atoms with van der Waals surface area (Å²) in [4.78, 5) is 27.5. The van der Waals surface area contributed by atoms with Crippen LogP contribution in [-0.2, 0) is 4.79 Å². The molecular formula is C24H23ClN4O3. The highest BCUT2D eigenvalue weighted by atomic mass is 35.5. The van der Waals surface area contributed by atoms with E-state index in [1.54, 1.807) is 42.5 Å². The van der Waals surface area contributed by atoms with E-state index < -0.39 is 11.8 Å². The van der Waals surface area contributed by atoms with Crippen LogP contribution in [0.2, 0.25) is 5.02 Å². The van der Waals surface area contributed by atoms with Crippen LogP contribution >= 0.6 is 11.6 Å². The molecule has 0 fully saturated rings. The predicted octanol–water partition coefficient (Wildman–Crippen LogP) is 4.23. The number of carbonyl (C=O) groups excluding carboxylic acids is 2. The van der Waals surface area contributed by atoms with Crippen molar-refractivity contribution in [2.75, 3.05) is 19.0 Å². The van der Waals surface area contributed by atoms with Crippen LogP contribution in [0.1, 0.15) is 27.4 Å². The molecule has 0 unspecified atom stereocenters. The fraction of sp³-hybridized carbons (Fsp3) is 0.125. The van der Waals surface area contributed by atoms with Crippen molar-refractivity contribution in [2.24, 2.45) is 5.10 Å². The number of furan rings is 1. The van der Waals surface area contributed by atoms with Crippen LogP contribution < -0.4 is 15.6 Å². The van der Waals surface area contributed by atoms with Gasteiger partial charge in [0.25, 0.3) is 11.8 Å². The maximum atomic E-state index is 12.8. The summed E-state index contributed by atoms with van der Waals surface area (Å²) in [7, 11) is 3.87. The van der Waals surface area contributed by atoms with E-state index in [0.29, 0.717) is 5.76 Å². The topological polar surface area (TPSA) is 86.9 Å². The number of carbonyl (C=O) groups is 2. The molecule has 0 radical (unpaired) electrons. The number of benzene rings is 2. The van der Waals surface area contributed by atoms with E-state index in [1.807, 2.05) is 50.2 Å². The van der Waals surface area contributed by atoms with Gasteiger partial charge in [0, 0.05) is 19.8 Å². The number of anilines is 1. The summed E-state index contributed by atoms with van der Waals surface area (Å²) in [6.45, 7) is 1.81. The molecule has 2 aromatic carbocycles. The largest absolute Gasteiger partial charge is 0.460 e. The monoisotopic (exact) mass is 450 g/mol. The number of hydrogen-bond acceptors (Lipinski definition) is 5. The van der Waals surface area contributed by atoms with Crippen LogP contribution in [0.5, 0.6) is 0 Å². The lowest BCUT2D eigenvalue weighted by molar-refractivity contribution is -0.117. The van der Waals surface area contributed by atoms with Gasteiger partial charge in [0.1, 0.15) is 17.2 Å². The number of hydrogen-bond donors (Lipinski definition) is 2. The van der Waals surface area contributed by atoms with E-state index >= 15 is 0 Å². The molecule has 0 aliphatic heterocycles. The zero-order chi connectivity index (χ0) is 23.1. The molecule has 0 spiro atoms. The second kappa shape index (κ2) is 10.5. The van der Waals surface area contributed by atoms with Gasteiger partial charge in [0.2, 0.25) is 0 Å². The van der Waals surface area contributed by atoms with E-state index in [-0.39, 0.29) is 16.3 Å². The normalized spacial score (nSPS) is 11.4. The van der Waals surface area contributed by atoms with Crippen LogP contribution in [-0.4, -0.2) is 32.1 Å². The zero-order valence-electron chi connectivity index (χ0n) is 17.9. The smallest absolute Gasteiger partial charge is 0.287 e. The van der Waals surface area contributed by atoms with Crippen molar-refractivity contribution in [3.63, 3.8) is 0 Å². The number of amides is 2. The Balaban J connectivity index is 1.83. The number of aryl methyl sites for hydroxylation is 1. The van der Waals surface area contributed by atoms with E-state index in [2.05, 4.69) is 15.8 Å². The third-order valence-electron chi connectivity index (χ3n) is 4.45. The predicted molar refractivity (Wildman–Crippen MR) is 127 cm³/mol. The highest BCUT2D eigenvalue weighted by Gasteiger charge is 2.16. The Labute approximate surface area is 191 Å². The highest BCUT2D eigenvalue weighted by Crippen LogP contribution is 2.17. The molecule has 0 aliphatic carbocycles. The van der Waals surface area contributed by atoms with E-state index in [0.717, 1.165) is 17.0 Å². The molecule has 7 nitrogen and oxygen atoms in total. The number of rotatable bonds is 7. The minimum Gasteiger partial charge on any atom is -0.460 e. The van der Waals surface area contributed by atoms with Crippen molar-refractivity contribution in [1.29, 1.82) is 0 Å². The van der Waals surface area contributed by atoms with Gasteiger partial charge in [-0.05, 0) is 55.0 Å². The number of nitrogens with one attached hydrogen (secondary N) is 2. The Morgan fingerprint density at radius 2 is 1.75 bits per heavy atom. The molecule has 2 amide bonds. The fourth-order valence-electron chi connectivity index (χ4n) is 2.77. The highest BCUT2D eigenvalue weighted by molar-refractivity contribution is 6.34. The first-order valence-corrected chi connectivity index (χ1v) is 10.2. The Kier molecular flexibility index (Phi) is 7.46. The van der Waals surface area contributed by atoms with E-state index in [4.69, 9.17) is 16.0 Å². The minimum absolute atomic E-state index is 0.0142. The standard InChI is InChI=1S/C24H23ClN4O3/c1-16-8-13-19(32-16)15-26-28-24(31)22(14-17-9-11-18(12-10-17)29(2)3)27-23(30)20-6-4-5-7-21(20)25/h4-15H,1-3H3,(H,27,30)(H,28,31)/b22-14+,26-15+. The molecule has 1 heterocycles. The quantitative estimate of drug-likeness (QED) is 0.320. The van der Waals surface area contributed by atoms with Gasteiger partial charge in [0.15, 0.2) is 0 Å². The van der Waals surface area contributed by atoms with Crippen LogP contribution in [0, 0.1) is 6.92 Å². The fourth-order valence-corrected chi connectivity index (χ4v) is 2.99. The second-order valence-electron chi connectivity index (χ2n) is 7.13. The maximum absolute atomic E-state index is 12.8. The summed E-state index contributed by atoms with van der Waals surface area (Å²) in [5.74, 6) is 0.119. The van der Waals surface area contributed by atoms with E-state index in [1.165, 1.54) is 6.21 Å². The van der Waals surface area contributed by atoms with Gasteiger partial charge in [-0.25, -0.2) is 5.43 Å². The lowest BCUT2D eigenvalue weighted by Crippen LogP contribution is -2.33. The van der Waals surface area contributed by atoms with E-state index in [9.17, 15) is 9.59 Å². The van der Waals surface area contributed by atoms with Gasteiger partial charge in [-0.15, -0.1) is 0 Å². The molecule has 164 valence electrons. The van der Waals surface area contributed by atoms with Crippen LogP contribution in [0.25, 0.3) is 6.08 Å². The zero-order valence-corrected chi connectivity index (χ0v) is 18.7. The van der Waals surface area contributed by atoms with Crippen LogP contribution in [0.3, 0.4) is 0 Å². The van der Waals surface area contributed by atoms with Crippen molar-refractivity contribution in [2.45, 2.75) is 6.92 Å². The molecule has 0 saturated heterocycles. The molecule has 2 N–H and O–H groups in total. The summed E-state index contributed by atoms with van der Waals surface area (Å²) in [5.41, 5.74) is 4.41. The second-order valence-corrected chi connectivity index (χ2v) is 7.53. The lowest BCUT2D eigenvalue weighted by Gasteiger charge is -2.13. The molecule has 0 bridgehead atoms. The first-order valence-electron chi connectivity index (χ1n) is 9.78. The summed E-state index contributed by atoms with van der Waals surface area (Å²) in [6.07, 6.45) is 2.94. The minimum atomic E-state index is -0.596. The van der Waals surface area contributed by atoms with Gasteiger partial charge in [0.05, 0.1) is 16.8 Å². The first kappa shape index (κ1) is 22.8. The lowest BCUT2D eigenvalue weighted by atomic mass is 10.1. The Morgan fingerprint density at radius 1 is 1.03 bits per heavy atom. The van der Waals surface area contributed by atoms with Crippen molar-refractivity contribution < 1.29 is 14.0 Å². The molecule has 0 aliphatic rings. The maximum Gasteiger partial charge on any atom is 0.287 e. The van der Waals surface area contributed by atoms with Crippen LogP contribution in [0.4, 0.5) is 5.69 Å². The van der Waals surface area contributed by atoms with Gasteiger partial charge in [-0.2, -0.15) is 5.10 Å². The average molecular weight is 451 g/mol.